The fourth-order valence-corrected chi connectivity index (χ4v) is 0.989. The van der Waals surface area contributed by atoms with Gasteiger partial charge < -0.3 is 9.64 Å². The Hall–Kier alpha value is -1.08. The highest BCUT2D eigenvalue weighted by Crippen LogP contribution is 2.07. The molecule has 1 atom stereocenters. The van der Waals surface area contributed by atoms with Crippen LogP contribution in [0.25, 0.3) is 0 Å². The highest BCUT2D eigenvalue weighted by molar-refractivity contribution is 5.74. The standard InChI is InChI=1S/C9H16N2O2/c1-11(2)6-4-5-8(7-10)9(12)13-3/h8H,4-6H2,1-3H3. The smallest absolute Gasteiger partial charge is 0.323 e. The maximum absolute atomic E-state index is 11.0. The first-order valence-electron chi connectivity index (χ1n) is 4.24. The molecule has 0 fully saturated rings. The van der Waals surface area contributed by atoms with E-state index in [9.17, 15) is 4.79 Å². The molecule has 13 heavy (non-hydrogen) atoms. The number of rotatable bonds is 5. The molecule has 0 saturated heterocycles. The predicted octanol–water partition coefficient (Wildman–Crippen LogP) is 0.641. The Kier molecular flexibility index (Phi) is 5.90. The highest BCUT2D eigenvalue weighted by atomic mass is 16.5. The summed E-state index contributed by atoms with van der Waals surface area (Å²) in [6.07, 6.45) is 1.40. The van der Waals surface area contributed by atoms with E-state index in [1.807, 2.05) is 25.1 Å². The molecular formula is C9H16N2O2. The molecule has 0 aromatic carbocycles. The number of hydrogen-bond donors (Lipinski definition) is 0. The summed E-state index contributed by atoms with van der Waals surface area (Å²) in [6, 6.07) is 1.93. The van der Waals surface area contributed by atoms with Gasteiger partial charge in [0.2, 0.25) is 0 Å². The normalized spacial score (nSPS) is 12.2. The van der Waals surface area contributed by atoms with Crippen LogP contribution in [-0.4, -0.2) is 38.6 Å². The quantitative estimate of drug-likeness (QED) is 0.588. The fourth-order valence-electron chi connectivity index (χ4n) is 0.989. The molecule has 0 amide bonds. The molecule has 0 aliphatic rings. The largest absolute Gasteiger partial charge is 0.468 e. The van der Waals surface area contributed by atoms with Gasteiger partial charge in [0.1, 0.15) is 5.92 Å². The van der Waals surface area contributed by atoms with E-state index >= 15 is 0 Å². The Labute approximate surface area is 79.1 Å². The van der Waals surface area contributed by atoms with Crippen molar-refractivity contribution in [3.05, 3.63) is 0 Å². The van der Waals surface area contributed by atoms with Crippen molar-refractivity contribution in [1.29, 1.82) is 5.26 Å². The van der Waals surface area contributed by atoms with Gasteiger partial charge in [0.05, 0.1) is 13.2 Å². The summed E-state index contributed by atoms with van der Waals surface area (Å²) in [4.78, 5) is 13.0. The van der Waals surface area contributed by atoms with Crippen LogP contribution in [0.5, 0.6) is 0 Å². The molecule has 0 saturated carbocycles. The number of carbonyl (C=O) groups is 1. The zero-order valence-corrected chi connectivity index (χ0v) is 8.41. The van der Waals surface area contributed by atoms with Crippen LogP contribution in [0.4, 0.5) is 0 Å². The van der Waals surface area contributed by atoms with Gasteiger partial charge in [0, 0.05) is 0 Å². The number of nitriles is 1. The Balaban J connectivity index is 3.75. The second-order valence-corrected chi connectivity index (χ2v) is 3.15. The van der Waals surface area contributed by atoms with Gasteiger partial charge in [0.25, 0.3) is 0 Å². The minimum atomic E-state index is -0.607. The van der Waals surface area contributed by atoms with Crippen molar-refractivity contribution in [1.82, 2.24) is 4.90 Å². The van der Waals surface area contributed by atoms with Crippen LogP contribution in [0, 0.1) is 17.2 Å². The molecule has 0 aliphatic heterocycles. The van der Waals surface area contributed by atoms with Gasteiger partial charge in [-0.3, -0.25) is 4.79 Å². The van der Waals surface area contributed by atoms with Crippen LogP contribution in [0.2, 0.25) is 0 Å². The van der Waals surface area contributed by atoms with Gasteiger partial charge in [-0.1, -0.05) is 0 Å². The zero-order valence-electron chi connectivity index (χ0n) is 8.41. The van der Waals surface area contributed by atoms with E-state index in [0.717, 1.165) is 13.0 Å². The van der Waals surface area contributed by atoms with Crippen molar-refractivity contribution in [3.8, 4) is 6.07 Å². The molecule has 4 heteroatoms. The van der Waals surface area contributed by atoms with E-state index in [1.54, 1.807) is 0 Å². The average Bonchev–Trinajstić information content (AvgIpc) is 2.11. The number of carbonyl (C=O) groups excluding carboxylic acids is 1. The monoisotopic (exact) mass is 184 g/mol. The molecule has 0 bridgehead atoms. The molecule has 0 rings (SSSR count). The van der Waals surface area contributed by atoms with Crippen molar-refractivity contribution in [3.63, 3.8) is 0 Å². The lowest BCUT2D eigenvalue weighted by atomic mass is 10.1. The maximum Gasteiger partial charge on any atom is 0.323 e. The van der Waals surface area contributed by atoms with Gasteiger partial charge in [-0.25, -0.2) is 0 Å². The van der Waals surface area contributed by atoms with Gasteiger partial charge in [-0.15, -0.1) is 0 Å². The number of ether oxygens (including phenoxy) is 1. The van der Waals surface area contributed by atoms with Crippen molar-refractivity contribution in [2.24, 2.45) is 5.92 Å². The summed E-state index contributed by atoms with van der Waals surface area (Å²) in [5.41, 5.74) is 0. The summed E-state index contributed by atoms with van der Waals surface area (Å²) in [6.45, 7) is 0.884. The Morgan fingerprint density at radius 1 is 1.62 bits per heavy atom. The van der Waals surface area contributed by atoms with Crippen LogP contribution in [0.1, 0.15) is 12.8 Å². The third-order valence-corrected chi connectivity index (χ3v) is 1.74. The van der Waals surface area contributed by atoms with E-state index in [0.29, 0.717) is 6.42 Å². The fraction of sp³-hybridized carbons (Fsp3) is 0.778. The average molecular weight is 184 g/mol. The summed E-state index contributed by atoms with van der Waals surface area (Å²) < 4.78 is 4.49. The predicted molar refractivity (Wildman–Crippen MR) is 48.9 cm³/mol. The highest BCUT2D eigenvalue weighted by Gasteiger charge is 2.17. The summed E-state index contributed by atoms with van der Waals surface area (Å²) >= 11 is 0. The third kappa shape index (κ3) is 5.21. The van der Waals surface area contributed by atoms with E-state index in [4.69, 9.17) is 5.26 Å². The van der Waals surface area contributed by atoms with Gasteiger partial charge in [-0.05, 0) is 33.5 Å². The number of hydrogen-bond acceptors (Lipinski definition) is 4. The topological polar surface area (TPSA) is 53.3 Å². The molecular weight excluding hydrogens is 168 g/mol. The molecule has 0 aromatic heterocycles. The number of esters is 1. The minimum Gasteiger partial charge on any atom is -0.468 e. The van der Waals surface area contributed by atoms with E-state index in [1.165, 1.54) is 7.11 Å². The molecule has 0 aliphatic carbocycles. The van der Waals surface area contributed by atoms with Crippen molar-refractivity contribution >= 4 is 5.97 Å². The first-order valence-corrected chi connectivity index (χ1v) is 4.24. The SMILES string of the molecule is COC(=O)C(C#N)CCCN(C)C. The van der Waals surface area contributed by atoms with Crippen LogP contribution in [0.3, 0.4) is 0 Å². The number of nitrogens with zero attached hydrogens (tertiary/aromatic N) is 2. The van der Waals surface area contributed by atoms with Gasteiger partial charge in [0.15, 0.2) is 0 Å². The Morgan fingerprint density at radius 2 is 2.23 bits per heavy atom. The second kappa shape index (κ2) is 6.44. The lowest BCUT2D eigenvalue weighted by Crippen LogP contribution is -2.18. The van der Waals surface area contributed by atoms with Crippen LogP contribution < -0.4 is 0 Å². The van der Waals surface area contributed by atoms with Crippen LogP contribution in [0.15, 0.2) is 0 Å². The molecule has 4 nitrogen and oxygen atoms in total. The Bertz CT molecular complexity index is 196. The van der Waals surface area contributed by atoms with E-state index < -0.39 is 11.9 Å². The van der Waals surface area contributed by atoms with Crippen molar-refractivity contribution < 1.29 is 9.53 Å². The molecule has 0 heterocycles. The van der Waals surface area contributed by atoms with Crippen molar-refractivity contribution in [2.75, 3.05) is 27.7 Å². The number of methoxy groups -OCH3 is 1. The third-order valence-electron chi connectivity index (χ3n) is 1.74. The summed E-state index contributed by atoms with van der Waals surface area (Å²) in [7, 11) is 5.22. The summed E-state index contributed by atoms with van der Waals surface area (Å²) in [5, 5.41) is 8.63. The second-order valence-electron chi connectivity index (χ2n) is 3.15. The first kappa shape index (κ1) is 11.9. The van der Waals surface area contributed by atoms with Crippen molar-refractivity contribution in [2.45, 2.75) is 12.8 Å². The van der Waals surface area contributed by atoms with E-state index in [-0.39, 0.29) is 0 Å². The minimum absolute atomic E-state index is 0.429. The molecule has 1 unspecified atom stereocenters. The van der Waals surface area contributed by atoms with Gasteiger partial charge in [-0.2, -0.15) is 5.26 Å². The lowest BCUT2D eigenvalue weighted by molar-refractivity contribution is -0.143. The summed E-state index contributed by atoms with van der Waals surface area (Å²) in [5.74, 6) is -1.04. The molecule has 0 aromatic rings. The maximum atomic E-state index is 11.0. The molecule has 0 spiro atoms. The molecule has 0 N–H and O–H groups in total. The Morgan fingerprint density at radius 3 is 2.62 bits per heavy atom. The van der Waals surface area contributed by atoms with Crippen LogP contribution in [-0.2, 0) is 9.53 Å². The molecule has 0 radical (unpaired) electrons. The van der Waals surface area contributed by atoms with E-state index in [2.05, 4.69) is 4.74 Å². The molecule has 74 valence electrons. The first-order chi connectivity index (χ1) is 6.11. The van der Waals surface area contributed by atoms with Crippen LogP contribution >= 0.6 is 0 Å². The lowest BCUT2D eigenvalue weighted by Gasteiger charge is -2.10. The van der Waals surface area contributed by atoms with Gasteiger partial charge >= 0.3 is 5.97 Å². The zero-order chi connectivity index (χ0) is 10.3.